The highest BCUT2D eigenvalue weighted by atomic mass is 16.5. The van der Waals surface area contributed by atoms with E-state index < -0.39 is 17.4 Å². The minimum Gasteiger partial charge on any atom is -0.465 e. The highest BCUT2D eigenvalue weighted by molar-refractivity contribution is 6.01. The second kappa shape index (κ2) is 8.23. The van der Waals surface area contributed by atoms with Crippen molar-refractivity contribution in [1.82, 2.24) is 19.4 Å². The molecule has 4 aromatic rings. The molecule has 2 aromatic heterocycles. The fourth-order valence-corrected chi connectivity index (χ4v) is 3.12. The highest BCUT2D eigenvalue weighted by Gasteiger charge is 2.16. The molecule has 0 radical (unpaired) electrons. The zero-order valence-electron chi connectivity index (χ0n) is 16.9. The largest absolute Gasteiger partial charge is 0.465 e. The van der Waals surface area contributed by atoms with E-state index in [1.807, 2.05) is 31.2 Å². The van der Waals surface area contributed by atoms with Crippen molar-refractivity contribution < 1.29 is 14.3 Å². The molecule has 2 heterocycles. The lowest BCUT2D eigenvalue weighted by molar-refractivity contribution is -0.117. The third-order valence-electron chi connectivity index (χ3n) is 4.74. The maximum atomic E-state index is 12.8. The summed E-state index contributed by atoms with van der Waals surface area (Å²) in [5.74, 6) is -1.08. The van der Waals surface area contributed by atoms with Crippen LogP contribution in [0, 0.1) is 6.92 Å². The number of esters is 1. The van der Waals surface area contributed by atoms with Gasteiger partial charge in [0.1, 0.15) is 18.4 Å². The molecule has 4 rings (SSSR count). The average molecular weight is 417 g/mol. The quantitative estimate of drug-likeness (QED) is 0.499. The molecule has 0 atom stereocenters. The molecule has 0 unspecified atom stereocenters. The number of carbonyl (C=O) groups excluding carboxylic acids is 2. The number of nitrogens with zero attached hydrogens (tertiary/aromatic N) is 4. The van der Waals surface area contributed by atoms with Crippen molar-refractivity contribution >= 4 is 23.1 Å². The standard InChI is InChI=1S/C22H19N5O4/c1-14-7-9-15(10-8-14)18-11-19-21(29)26(23-13-27(19)25-18)12-20(28)24-17-6-4-3-5-16(17)22(30)31-2/h3-11,13H,12H2,1-2H3,(H,24,28). The van der Waals surface area contributed by atoms with Crippen LogP contribution in [0.15, 0.2) is 65.7 Å². The number of hydrogen-bond donors (Lipinski definition) is 1. The van der Waals surface area contributed by atoms with E-state index in [4.69, 9.17) is 4.74 Å². The van der Waals surface area contributed by atoms with Crippen LogP contribution in [0.2, 0.25) is 0 Å². The van der Waals surface area contributed by atoms with Gasteiger partial charge in [-0.2, -0.15) is 10.2 Å². The summed E-state index contributed by atoms with van der Waals surface area (Å²) < 4.78 is 7.16. The predicted molar refractivity (Wildman–Crippen MR) is 114 cm³/mol. The van der Waals surface area contributed by atoms with Crippen LogP contribution >= 0.6 is 0 Å². The molecule has 9 heteroatoms. The first-order valence-electron chi connectivity index (χ1n) is 9.46. The predicted octanol–water partition coefficient (Wildman–Crippen LogP) is 2.29. The van der Waals surface area contributed by atoms with Crippen LogP contribution < -0.4 is 10.9 Å². The minimum absolute atomic E-state index is 0.215. The fraction of sp³-hybridized carbons (Fsp3) is 0.136. The van der Waals surface area contributed by atoms with Crippen LogP contribution in [0.1, 0.15) is 15.9 Å². The van der Waals surface area contributed by atoms with Gasteiger partial charge in [-0.25, -0.2) is 14.0 Å². The van der Waals surface area contributed by atoms with E-state index in [0.717, 1.165) is 15.8 Å². The van der Waals surface area contributed by atoms with Crippen LogP contribution in [0.4, 0.5) is 5.69 Å². The van der Waals surface area contributed by atoms with Gasteiger partial charge in [-0.3, -0.25) is 9.59 Å². The number of aromatic nitrogens is 4. The summed E-state index contributed by atoms with van der Waals surface area (Å²) >= 11 is 0. The molecule has 0 saturated carbocycles. The van der Waals surface area contributed by atoms with Crippen molar-refractivity contribution in [2.24, 2.45) is 0 Å². The van der Waals surface area contributed by atoms with E-state index in [1.165, 1.54) is 24.0 Å². The van der Waals surface area contributed by atoms with Crippen LogP contribution in [-0.2, 0) is 16.1 Å². The summed E-state index contributed by atoms with van der Waals surface area (Å²) in [5.41, 5.74) is 2.98. The maximum Gasteiger partial charge on any atom is 0.339 e. The average Bonchev–Trinajstić information content (AvgIpc) is 3.21. The number of benzene rings is 2. The Bertz CT molecular complexity index is 1340. The second-order valence-corrected chi connectivity index (χ2v) is 6.90. The van der Waals surface area contributed by atoms with E-state index >= 15 is 0 Å². The maximum absolute atomic E-state index is 12.8. The normalized spacial score (nSPS) is 10.8. The molecule has 2 aromatic carbocycles. The number of ether oxygens (including phenoxy) is 1. The van der Waals surface area contributed by atoms with Gasteiger partial charge in [-0.1, -0.05) is 42.0 Å². The first-order valence-corrected chi connectivity index (χ1v) is 9.46. The van der Waals surface area contributed by atoms with Gasteiger partial charge in [0.15, 0.2) is 0 Å². The van der Waals surface area contributed by atoms with E-state index in [2.05, 4.69) is 15.5 Å². The van der Waals surface area contributed by atoms with Gasteiger partial charge in [0.25, 0.3) is 5.56 Å². The summed E-state index contributed by atoms with van der Waals surface area (Å²) in [6.45, 7) is 1.67. The van der Waals surface area contributed by atoms with E-state index in [0.29, 0.717) is 16.9 Å². The number of aryl methyl sites for hydroxylation is 1. The zero-order valence-corrected chi connectivity index (χ0v) is 16.9. The summed E-state index contributed by atoms with van der Waals surface area (Å²) in [6, 6.07) is 15.9. The Kier molecular flexibility index (Phi) is 5.31. The number of para-hydroxylation sites is 1. The number of anilines is 1. The lowest BCUT2D eigenvalue weighted by Gasteiger charge is -2.10. The van der Waals surface area contributed by atoms with E-state index in [-0.39, 0.29) is 12.1 Å². The van der Waals surface area contributed by atoms with E-state index in [9.17, 15) is 14.4 Å². The molecule has 0 bridgehead atoms. The third kappa shape index (κ3) is 4.06. The minimum atomic E-state index is -0.574. The molecule has 9 nitrogen and oxygen atoms in total. The smallest absolute Gasteiger partial charge is 0.339 e. The number of carbonyl (C=O) groups is 2. The first-order chi connectivity index (χ1) is 15.0. The first kappa shape index (κ1) is 20.0. The molecule has 0 fully saturated rings. The molecule has 1 N–H and O–H groups in total. The Morgan fingerprint density at radius 3 is 2.58 bits per heavy atom. The third-order valence-corrected chi connectivity index (χ3v) is 4.74. The topological polar surface area (TPSA) is 108 Å². The monoisotopic (exact) mass is 417 g/mol. The summed E-state index contributed by atoms with van der Waals surface area (Å²) in [4.78, 5) is 37.2. The van der Waals surface area contributed by atoms with Crippen LogP contribution in [0.5, 0.6) is 0 Å². The van der Waals surface area contributed by atoms with Gasteiger partial charge in [0.05, 0.1) is 24.1 Å². The Labute approximate surface area is 176 Å². The van der Waals surface area contributed by atoms with Gasteiger partial charge in [0.2, 0.25) is 5.91 Å². The van der Waals surface area contributed by atoms with E-state index in [1.54, 1.807) is 24.3 Å². The summed E-state index contributed by atoms with van der Waals surface area (Å²) in [6.07, 6.45) is 1.38. The Hall–Kier alpha value is -4.27. The molecule has 1 amide bonds. The summed E-state index contributed by atoms with van der Waals surface area (Å²) in [5, 5.41) is 11.0. The van der Waals surface area contributed by atoms with Crippen molar-refractivity contribution in [3.05, 3.63) is 82.4 Å². The lowest BCUT2D eigenvalue weighted by Crippen LogP contribution is -2.31. The Morgan fingerprint density at radius 1 is 1.10 bits per heavy atom. The molecule has 0 saturated heterocycles. The SMILES string of the molecule is COC(=O)c1ccccc1NC(=O)Cn1ncn2nc(-c3ccc(C)cc3)cc2c1=O. The second-order valence-electron chi connectivity index (χ2n) is 6.90. The fourth-order valence-electron chi connectivity index (χ4n) is 3.12. The van der Waals surface area contributed by atoms with Crippen LogP contribution in [0.25, 0.3) is 16.8 Å². The highest BCUT2D eigenvalue weighted by Crippen LogP contribution is 2.19. The Balaban J connectivity index is 1.59. The number of hydrogen-bond acceptors (Lipinski definition) is 6. The van der Waals surface area contributed by atoms with Crippen molar-refractivity contribution in [1.29, 1.82) is 0 Å². The van der Waals surface area contributed by atoms with Gasteiger partial charge in [-0.05, 0) is 25.1 Å². The molecule has 0 aliphatic heterocycles. The van der Waals surface area contributed by atoms with Crippen LogP contribution in [0.3, 0.4) is 0 Å². The number of methoxy groups -OCH3 is 1. The Morgan fingerprint density at radius 2 is 1.84 bits per heavy atom. The molecule has 0 spiro atoms. The van der Waals surface area contributed by atoms with Crippen LogP contribution in [-0.4, -0.2) is 38.4 Å². The number of nitrogens with one attached hydrogen (secondary N) is 1. The molecule has 0 aliphatic carbocycles. The molecular weight excluding hydrogens is 398 g/mol. The molecule has 31 heavy (non-hydrogen) atoms. The number of fused-ring (bicyclic) bond motifs is 1. The molecule has 156 valence electrons. The summed E-state index contributed by atoms with van der Waals surface area (Å²) in [7, 11) is 1.26. The molecular formula is C22H19N5O4. The number of amides is 1. The molecule has 0 aliphatic rings. The number of rotatable bonds is 5. The lowest BCUT2D eigenvalue weighted by atomic mass is 10.1. The van der Waals surface area contributed by atoms with Crippen molar-refractivity contribution in [2.75, 3.05) is 12.4 Å². The van der Waals surface area contributed by atoms with Crippen molar-refractivity contribution in [3.63, 3.8) is 0 Å². The van der Waals surface area contributed by atoms with Gasteiger partial charge in [-0.15, -0.1) is 0 Å². The van der Waals surface area contributed by atoms with Gasteiger partial charge >= 0.3 is 5.97 Å². The van der Waals surface area contributed by atoms with Gasteiger partial charge in [0, 0.05) is 5.56 Å². The van der Waals surface area contributed by atoms with Gasteiger partial charge < -0.3 is 10.1 Å². The van der Waals surface area contributed by atoms with Crippen molar-refractivity contribution in [2.45, 2.75) is 13.5 Å². The van der Waals surface area contributed by atoms with Crippen molar-refractivity contribution in [3.8, 4) is 11.3 Å². The zero-order chi connectivity index (χ0) is 22.0.